The summed E-state index contributed by atoms with van der Waals surface area (Å²) in [6.45, 7) is 0.829. The number of fused-ring (bicyclic) bond motifs is 1. The van der Waals surface area contributed by atoms with Crippen molar-refractivity contribution in [3.05, 3.63) is 12.7 Å². The number of imidazole rings is 1. The minimum atomic E-state index is -4.06. The Labute approximate surface area is 165 Å². The molecule has 0 saturated carbocycles. The molecule has 14 heteroatoms. The fourth-order valence-electron chi connectivity index (χ4n) is 3.38. The number of ether oxygens (including phenoxy) is 2. The number of nitrogens with one attached hydrogen (secondary N) is 1. The molecule has 29 heavy (non-hydrogen) atoms. The standard InChI is InChI=1S/C15H23N6O7P/c1-16-13-10-14(18-7-17-13)21(8-19-10)15-12(23)11(22)9(28-15)6-27-29(24,25)20-2-4-26-5-3-20/h7-9,11-12,15,22-23H,2-6H2,1H3,(H,24,25)(H,16,17,18)/t9-,11-,12-,15-/m1/s1. The molecule has 2 aromatic rings. The van der Waals surface area contributed by atoms with Gasteiger partial charge in [0.1, 0.15) is 30.2 Å². The molecule has 5 atom stereocenters. The molecule has 4 N–H and O–H groups in total. The number of nitrogens with zero attached hydrogens (tertiary/aromatic N) is 5. The highest BCUT2D eigenvalue weighted by Gasteiger charge is 2.45. The fraction of sp³-hybridized carbons (Fsp3) is 0.667. The van der Waals surface area contributed by atoms with Crippen LogP contribution in [0.2, 0.25) is 0 Å². The van der Waals surface area contributed by atoms with Crippen LogP contribution >= 0.6 is 7.75 Å². The summed E-state index contributed by atoms with van der Waals surface area (Å²) in [5, 5.41) is 23.7. The molecule has 0 amide bonds. The zero-order valence-electron chi connectivity index (χ0n) is 15.7. The molecule has 2 aromatic heterocycles. The quantitative estimate of drug-likeness (QED) is 0.411. The van der Waals surface area contributed by atoms with Crippen molar-refractivity contribution in [2.75, 3.05) is 45.3 Å². The van der Waals surface area contributed by atoms with E-state index in [9.17, 15) is 19.7 Å². The Kier molecular flexibility index (Phi) is 5.82. The zero-order valence-corrected chi connectivity index (χ0v) is 16.6. The van der Waals surface area contributed by atoms with Gasteiger partial charge >= 0.3 is 7.75 Å². The Morgan fingerprint density at radius 2 is 2.03 bits per heavy atom. The van der Waals surface area contributed by atoms with Crippen molar-refractivity contribution in [3.8, 4) is 0 Å². The minimum absolute atomic E-state index is 0.266. The normalized spacial score (nSPS) is 30.5. The summed E-state index contributed by atoms with van der Waals surface area (Å²) in [7, 11) is -2.37. The molecule has 0 radical (unpaired) electrons. The number of hydrogen-bond donors (Lipinski definition) is 4. The molecule has 13 nitrogen and oxygen atoms in total. The molecule has 0 spiro atoms. The number of morpholine rings is 1. The van der Waals surface area contributed by atoms with Crippen LogP contribution in [0, 0.1) is 0 Å². The predicted molar refractivity (Wildman–Crippen MR) is 99.0 cm³/mol. The Hall–Kier alpha value is -1.70. The second kappa shape index (κ2) is 8.20. The van der Waals surface area contributed by atoms with Gasteiger partial charge in [-0.2, -0.15) is 0 Å². The first-order valence-corrected chi connectivity index (χ1v) is 10.6. The third-order valence-corrected chi connectivity index (χ3v) is 6.56. The molecule has 160 valence electrons. The van der Waals surface area contributed by atoms with Gasteiger partial charge < -0.3 is 29.9 Å². The maximum Gasteiger partial charge on any atom is 0.405 e. The lowest BCUT2D eigenvalue weighted by atomic mass is 10.1. The lowest BCUT2D eigenvalue weighted by molar-refractivity contribution is -0.0507. The van der Waals surface area contributed by atoms with Gasteiger partial charge in [-0.15, -0.1) is 0 Å². The molecular weight excluding hydrogens is 407 g/mol. The van der Waals surface area contributed by atoms with Crippen LogP contribution in [-0.4, -0.2) is 97.6 Å². The SMILES string of the molecule is CNc1ncnc2c1ncn2[C@@H]1O[C@H](COP(=O)(O)N2CCOCC2)[C@@H](O)[C@H]1O. The largest absolute Gasteiger partial charge is 0.405 e. The van der Waals surface area contributed by atoms with Gasteiger partial charge in [-0.25, -0.2) is 24.2 Å². The summed E-state index contributed by atoms with van der Waals surface area (Å²) in [5.74, 6) is 0.508. The maximum atomic E-state index is 12.4. The molecule has 2 aliphatic rings. The third kappa shape index (κ3) is 3.88. The summed E-state index contributed by atoms with van der Waals surface area (Å²) >= 11 is 0. The lowest BCUT2D eigenvalue weighted by Crippen LogP contribution is -2.36. The van der Waals surface area contributed by atoms with Crippen LogP contribution in [0.25, 0.3) is 11.2 Å². The highest BCUT2D eigenvalue weighted by molar-refractivity contribution is 7.50. The second-order valence-corrected chi connectivity index (χ2v) is 8.50. The van der Waals surface area contributed by atoms with Crippen LogP contribution in [-0.2, 0) is 18.6 Å². The van der Waals surface area contributed by atoms with Crippen molar-refractivity contribution in [1.82, 2.24) is 24.2 Å². The molecule has 4 rings (SSSR count). The van der Waals surface area contributed by atoms with Gasteiger partial charge in [-0.05, 0) is 0 Å². The van der Waals surface area contributed by atoms with Gasteiger partial charge in [-0.1, -0.05) is 0 Å². The van der Waals surface area contributed by atoms with E-state index in [0.29, 0.717) is 30.2 Å². The first-order valence-electron chi connectivity index (χ1n) is 9.10. The van der Waals surface area contributed by atoms with Gasteiger partial charge in [0.05, 0.1) is 26.1 Å². The zero-order chi connectivity index (χ0) is 20.6. The van der Waals surface area contributed by atoms with Crippen LogP contribution < -0.4 is 5.32 Å². The van der Waals surface area contributed by atoms with Crippen molar-refractivity contribution in [2.45, 2.75) is 24.5 Å². The van der Waals surface area contributed by atoms with E-state index in [2.05, 4.69) is 20.3 Å². The number of aromatic nitrogens is 4. The highest BCUT2D eigenvalue weighted by atomic mass is 31.2. The topological polar surface area (TPSA) is 164 Å². The van der Waals surface area contributed by atoms with Crippen LogP contribution in [0.15, 0.2) is 12.7 Å². The molecule has 2 fully saturated rings. The number of aliphatic hydroxyl groups excluding tert-OH is 2. The Balaban J connectivity index is 1.48. The minimum Gasteiger partial charge on any atom is -0.387 e. The summed E-state index contributed by atoms with van der Waals surface area (Å²) in [6, 6.07) is 0. The Bertz CT molecular complexity index is 906. The van der Waals surface area contributed by atoms with E-state index >= 15 is 0 Å². The molecule has 0 aliphatic carbocycles. The third-order valence-electron chi connectivity index (χ3n) is 4.96. The number of rotatable bonds is 6. The Morgan fingerprint density at radius 1 is 1.28 bits per heavy atom. The number of hydrogen-bond acceptors (Lipinski definition) is 10. The van der Waals surface area contributed by atoms with Crippen molar-refractivity contribution < 1.29 is 33.7 Å². The summed E-state index contributed by atoms with van der Waals surface area (Å²) in [6.07, 6.45) is -1.88. The smallest absolute Gasteiger partial charge is 0.387 e. The van der Waals surface area contributed by atoms with Crippen LogP contribution in [0.3, 0.4) is 0 Å². The first kappa shape index (κ1) is 20.6. The van der Waals surface area contributed by atoms with Gasteiger partial charge in [0, 0.05) is 20.1 Å². The van der Waals surface area contributed by atoms with Crippen molar-refractivity contribution in [1.29, 1.82) is 0 Å². The number of anilines is 1. The van der Waals surface area contributed by atoms with E-state index in [1.54, 1.807) is 7.05 Å². The second-order valence-electron chi connectivity index (χ2n) is 6.69. The van der Waals surface area contributed by atoms with Gasteiger partial charge in [-0.3, -0.25) is 9.09 Å². The maximum absolute atomic E-state index is 12.4. The van der Waals surface area contributed by atoms with Gasteiger partial charge in [0.15, 0.2) is 17.7 Å². The van der Waals surface area contributed by atoms with Crippen LogP contribution in [0.1, 0.15) is 6.23 Å². The van der Waals surface area contributed by atoms with E-state index in [0.717, 1.165) is 0 Å². The van der Waals surface area contributed by atoms with Crippen molar-refractivity contribution >= 4 is 24.7 Å². The van der Waals surface area contributed by atoms with Crippen molar-refractivity contribution in [3.63, 3.8) is 0 Å². The molecular formula is C15H23N6O7P. The van der Waals surface area contributed by atoms with Gasteiger partial charge in [0.2, 0.25) is 0 Å². The Morgan fingerprint density at radius 3 is 2.76 bits per heavy atom. The van der Waals surface area contributed by atoms with E-state index < -0.39 is 32.3 Å². The fourth-order valence-corrected chi connectivity index (χ4v) is 4.55. The summed E-state index contributed by atoms with van der Waals surface area (Å²) in [5.41, 5.74) is 0.885. The monoisotopic (exact) mass is 430 g/mol. The molecule has 1 unspecified atom stereocenters. The molecule has 0 bridgehead atoms. The predicted octanol–water partition coefficient (Wildman–Crippen LogP) is -1.06. The molecule has 2 aliphatic heterocycles. The van der Waals surface area contributed by atoms with E-state index in [1.165, 1.54) is 21.9 Å². The molecule has 2 saturated heterocycles. The lowest BCUT2D eigenvalue weighted by Gasteiger charge is -2.30. The average molecular weight is 430 g/mol. The van der Waals surface area contributed by atoms with Crippen LogP contribution in [0.4, 0.5) is 5.82 Å². The summed E-state index contributed by atoms with van der Waals surface area (Å²) in [4.78, 5) is 22.6. The summed E-state index contributed by atoms with van der Waals surface area (Å²) < 4.78 is 31.3. The van der Waals surface area contributed by atoms with Crippen LogP contribution in [0.5, 0.6) is 0 Å². The van der Waals surface area contributed by atoms with E-state index in [1.807, 2.05) is 0 Å². The highest BCUT2D eigenvalue weighted by Crippen LogP contribution is 2.47. The average Bonchev–Trinajstić information content (AvgIpc) is 3.28. The van der Waals surface area contributed by atoms with Gasteiger partial charge in [0.25, 0.3) is 0 Å². The van der Waals surface area contributed by atoms with Crippen molar-refractivity contribution in [2.24, 2.45) is 0 Å². The van der Waals surface area contributed by atoms with E-state index in [4.69, 9.17) is 14.0 Å². The first-order chi connectivity index (χ1) is 13.9. The van der Waals surface area contributed by atoms with E-state index in [-0.39, 0.29) is 19.7 Å². The molecule has 4 heterocycles. The molecule has 0 aromatic carbocycles. The number of aliphatic hydroxyl groups is 2.